The molecular formula is C18H27HgO4S2. The Morgan fingerprint density at radius 1 is 1.32 bits per heavy atom. The fraction of sp³-hybridized carbons (Fsp3) is 0.889. The van der Waals surface area contributed by atoms with Gasteiger partial charge in [0.25, 0.3) is 0 Å². The second-order valence-corrected chi connectivity index (χ2v) is 16.9. The van der Waals surface area contributed by atoms with Gasteiger partial charge in [-0.25, -0.2) is 0 Å². The molecule has 3 saturated carbocycles. The zero-order valence-electron chi connectivity index (χ0n) is 15.8. The average Bonchev–Trinajstić information content (AvgIpc) is 2.81. The van der Waals surface area contributed by atoms with Crippen LogP contribution in [0.25, 0.3) is 0 Å². The van der Waals surface area contributed by atoms with E-state index < -0.39 is 5.60 Å². The van der Waals surface area contributed by atoms with Crippen LogP contribution in [0.15, 0.2) is 0 Å². The number of carbonyl (C=O) groups excluding carboxylic acids is 2. The summed E-state index contributed by atoms with van der Waals surface area (Å²) in [5.41, 5.74) is -0.924. The van der Waals surface area contributed by atoms with Gasteiger partial charge in [0.2, 0.25) is 0 Å². The van der Waals surface area contributed by atoms with Gasteiger partial charge in [0.1, 0.15) is 11.7 Å². The molecule has 6 atom stereocenters. The molecule has 25 heavy (non-hydrogen) atoms. The molecule has 0 spiro atoms. The Morgan fingerprint density at radius 3 is 2.44 bits per heavy atom. The zero-order chi connectivity index (χ0) is 18.6. The van der Waals surface area contributed by atoms with E-state index in [0.717, 1.165) is 49.6 Å². The zero-order valence-corrected chi connectivity index (χ0v) is 22.9. The van der Waals surface area contributed by atoms with Gasteiger partial charge in [0.15, 0.2) is 0 Å². The summed E-state index contributed by atoms with van der Waals surface area (Å²) in [6, 6.07) is 0. The summed E-state index contributed by atoms with van der Waals surface area (Å²) in [5.74, 6) is 1.22. The van der Waals surface area contributed by atoms with Gasteiger partial charge in [-0.15, -0.1) is 0 Å². The number of hydrogen-bond donors (Lipinski definition) is 0. The van der Waals surface area contributed by atoms with Gasteiger partial charge < -0.3 is 9.47 Å². The summed E-state index contributed by atoms with van der Waals surface area (Å²) < 4.78 is 11.7. The topological polar surface area (TPSA) is 52.6 Å². The third-order valence-corrected chi connectivity index (χ3v) is 7.66. The standard InChI is InChI=1S/C17H24O4S.CH4S.Hg/c1-15(2)7-17(15,8-22-4)14(19)20-12-9-5-10-11(6-9)16(12,3)21-13(10)18;1-2;/h9-12H,5-8H2,1-4H3;2H,1H3;/q;;+1/p-1. The summed E-state index contributed by atoms with van der Waals surface area (Å²) in [6.07, 6.45) is 6.59. The second kappa shape index (κ2) is 6.87. The van der Waals surface area contributed by atoms with Crippen molar-refractivity contribution in [2.45, 2.75) is 51.7 Å². The first-order valence-electron chi connectivity index (χ1n) is 8.88. The quantitative estimate of drug-likeness (QED) is 0.381. The van der Waals surface area contributed by atoms with Crippen LogP contribution in [0.5, 0.6) is 0 Å². The van der Waals surface area contributed by atoms with Crippen LogP contribution in [-0.4, -0.2) is 41.9 Å². The van der Waals surface area contributed by atoms with Crippen molar-refractivity contribution < 1.29 is 43.7 Å². The number of esters is 2. The molecule has 1 heterocycles. The first-order chi connectivity index (χ1) is 11.7. The molecule has 137 valence electrons. The minimum absolute atomic E-state index is 0.0144. The van der Waals surface area contributed by atoms with Crippen LogP contribution in [-0.2, 0) is 43.7 Å². The Balaban J connectivity index is 0.000000569. The number of ether oxygens (including phenoxy) is 2. The molecule has 0 aromatic heterocycles. The van der Waals surface area contributed by atoms with Gasteiger partial charge >= 0.3 is 51.0 Å². The van der Waals surface area contributed by atoms with Crippen LogP contribution in [0.3, 0.4) is 0 Å². The van der Waals surface area contributed by atoms with E-state index >= 15 is 0 Å². The van der Waals surface area contributed by atoms with Crippen molar-refractivity contribution in [1.29, 1.82) is 0 Å². The molecule has 1 saturated heterocycles. The van der Waals surface area contributed by atoms with Gasteiger partial charge in [-0.3, -0.25) is 9.59 Å². The van der Waals surface area contributed by atoms with E-state index in [9.17, 15) is 9.59 Å². The predicted octanol–water partition coefficient (Wildman–Crippen LogP) is 3.46. The molecule has 4 rings (SSSR count). The van der Waals surface area contributed by atoms with E-state index in [1.807, 2.05) is 21.4 Å². The molecule has 7 heteroatoms. The maximum atomic E-state index is 12.9. The molecule has 1 aliphatic heterocycles. The Morgan fingerprint density at radius 2 is 1.92 bits per heavy atom. The van der Waals surface area contributed by atoms with Gasteiger partial charge in [0, 0.05) is 17.6 Å². The first kappa shape index (κ1) is 20.3. The van der Waals surface area contributed by atoms with E-state index in [-0.39, 0.29) is 40.7 Å². The summed E-state index contributed by atoms with van der Waals surface area (Å²) in [4.78, 5) is 24.9. The second-order valence-electron chi connectivity index (χ2n) is 8.74. The van der Waals surface area contributed by atoms with Crippen LogP contribution in [0.2, 0.25) is 0 Å². The molecule has 3 aliphatic carbocycles. The molecule has 0 aromatic rings. The summed E-state index contributed by atoms with van der Waals surface area (Å²) in [6.45, 7) is 6.24. The molecule has 2 bridgehead atoms. The maximum absolute atomic E-state index is 12.9. The fourth-order valence-corrected chi connectivity index (χ4v) is 6.48. The molecule has 6 unspecified atom stereocenters. The van der Waals surface area contributed by atoms with Crippen LogP contribution in [0, 0.1) is 28.6 Å². The number of fused-ring (bicyclic) bond motifs is 1. The first-order valence-corrected chi connectivity index (χ1v) is 18.4. The van der Waals surface area contributed by atoms with Crippen molar-refractivity contribution in [3.63, 3.8) is 0 Å². The van der Waals surface area contributed by atoms with E-state index in [1.165, 1.54) is 0 Å². The van der Waals surface area contributed by atoms with Gasteiger partial charge in [-0.1, -0.05) is 13.8 Å². The van der Waals surface area contributed by atoms with E-state index in [1.54, 1.807) is 11.8 Å². The SMILES string of the molecule is CSCC1(C(=O)OC2C3CC4C(=O)OC2(C)C4C3)CC1(C)C.C[S][Hg]. The van der Waals surface area contributed by atoms with Gasteiger partial charge in [0.05, 0.1) is 11.3 Å². The fourth-order valence-electron chi connectivity index (χ4n) is 5.38. The van der Waals surface area contributed by atoms with E-state index in [2.05, 4.69) is 20.1 Å². The Bertz CT molecular complexity index is 583. The average molecular weight is 572 g/mol. The Labute approximate surface area is 173 Å². The van der Waals surface area contributed by atoms with Gasteiger partial charge in [-0.2, -0.15) is 11.8 Å². The van der Waals surface area contributed by atoms with Crippen molar-refractivity contribution in [3.05, 3.63) is 0 Å². The number of thioether (sulfide) groups is 1. The normalized spacial score (nSPS) is 44.8. The van der Waals surface area contributed by atoms with Crippen LogP contribution < -0.4 is 0 Å². The molecule has 0 N–H and O–H groups in total. The molecular weight excluding hydrogens is 545 g/mol. The van der Waals surface area contributed by atoms with Crippen molar-refractivity contribution in [2.24, 2.45) is 28.6 Å². The number of hydrogen-bond acceptors (Lipinski definition) is 6. The predicted molar refractivity (Wildman–Crippen MR) is 96.8 cm³/mol. The van der Waals surface area contributed by atoms with Crippen LogP contribution in [0.4, 0.5) is 0 Å². The number of rotatable bonds is 4. The summed E-state index contributed by atoms with van der Waals surface area (Å²) in [7, 11) is 1.94. The molecule has 0 aromatic carbocycles. The van der Waals surface area contributed by atoms with Crippen molar-refractivity contribution in [3.8, 4) is 0 Å². The van der Waals surface area contributed by atoms with Gasteiger partial charge in [-0.05, 0) is 37.9 Å². The van der Waals surface area contributed by atoms with E-state index in [4.69, 9.17) is 9.47 Å². The monoisotopic (exact) mass is 573 g/mol. The van der Waals surface area contributed by atoms with Crippen molar-refractivity contribution >= 4 is 31.9 Å². The van der Waals surface area contributed by atoms with E-state index in [0.29, 0.717) is 5.92 Å². The van der Waals surface area contributed by atoms with Crippen LogP contribution in [0.1, 0.15) is 40.0 Å². The summed E-state index contributed by atoms with van der Waals surface area (Å²) in [5, 5.41) is 0. The molecule has 4 nitrogen and oxygen atoms in total. The molecule has 0 radical (unpaired) electrons. The van der Waals surface area contributed by atoms with Crippen LogP contribution >= 0.6 is 20.0 Å². The molecule has 4 aliphatic rings. The third-order valence-electron chi connectivity index (χ3n) is 6.88. The summed E-state index contributed by atoms with van der Waals surface area (Å²) >= 11 is 2.69. The third kappa shape index (κ3) is 3.00. The minimum atomic E-state index is -0.583. The molecule has 4 fully saturated rings. The van der Waals surface area contributed by atoms with Crippen molar-refractivity contribution in [1.82, 2.24) is 0 Å². The Kier molecular flexibility index (Phi) is 5.59. The van der Waals surface area contributed by atoms with Crippen molar-refractivity contribution in [2.75, 3.05) is 18.3 Å². The molecule has 0 amide bonds. The Hall–Kier alpha value is 0.575. The number of carbonyl (C=O) groups is 2.